The lowest BCUT2D eigenvalue weighted by Crippen LogP contribution is -2.13. The van der Waals surface area contributed by atoms with Gasteiger partial charge in [-0.25, -0.2) is 9.07 Å². The van der Waals surface area contributed by atoms with Gasteiger partial charge in [-0.1, -0.05) is 25.3 Å². The van der Waals surface area contributed by atoms with Crippen LogP contribution in [0.3, 0.4) is 0 Å². The van der Waals surface area contributed by atoms with E-state index in [9.17, 15) is 30.7 Å². The van der Waals surface area contributed by atoms with Crippen LogP contribution in [0.5, 0.6) is 0 Å². The third-order valence-corrected chi connectivity index (χ3v) is 3.55. The van der Waals surface area contributed by atoms with Crippen molar-refractivity contribution in [1.29, 1.82) is 0 Å². The van der Waals surface area contributed by atoms with Crippen molar-refractivity contribution in [1.82, 2.24) is 9.78 Å². The van der Waals surface area contributed by atoms with Gasteiger partial charge in [-0.05, 0) is 24.3 Å². The third kappa shape index (κ3) is 5.02. The number of rotatable bonds is 6. The van der Waals surface area contributed by atoms with Crippen LogP contribution in [-0.4, -0.2) is 16.3 Å². The van der Waals surface area contributed by atoms with Gasteiger partial charge in [0.1, 0.15) is 11.5 Å². The molecule has 0 spiro atoms. The van der Waals surface area contributed by atoms with Gasteiger partial charge in [0.05, 0.1) is 5.69 Å². The molecule has 0 saturated carbocycles. The smallest absolute Gasteiger partial charge is 0.381 e. The Kier molecular flexibility index (Phi) is 6.01. The summed E-state index contributed by atoms with van der Waals surface area (Å²) in [5.41, 5.74) is -2.81. The van der Waals surface area contributed by atoms with E-state index in [0.717, 1.165) is 12.1 Å². The monoisotopic (exact) mass is 405 g/mol. The number of hydrogen-bond acceptors (Lipinski definition) is 2. The number of halogens is 7. The number of nitrogens with zero attached hydrogens (tertiary/aromatic N) is 2. The molecule has 2 aromatic rings. The lowest BCUT2D eigenvalue weighted by molar-refractivity contribution is -0.143. The van der Waals surface area contributed by atoms with E-state index < -0.39 is 29.6 Å². The van der Waals surface area contributed by atoms with Crippen LogP contribution in [0.15, 0.2) is 67.0 Å². The summed E-state index contributed by atoms with van der Waals surface area (Å²) in [7, 11) is 0. The van der Waals surface area contributed by atoms with Gasteiger partial charge in [0.2, 0.25) is 0 Å². The van der Waals surface area contributed by atoms with Gasteiger partial charge >= 0.3 is 12.4 Å². The number of allylic oxidation sites excluding steroid dienone is 2. The molecular formula is C18H14F7N3. The molecule has 0 aliphatic rings. The summed E-state index contributed by atoms with van der Waals surface area (Å²) in [5.74, 6) is -0.685. The van der Waals surface area contributed by atoms with Gasteiger partial charge in [0.15, 0.2) is 5.69 Å². The Labute approximate surface area is 155 Å². The molecular weight excluding hydrogens is 391 g/mol. The molecule has 3 nitrogen and oxygen atoms in total. The van der Waals surface area contributed by atoms with Crippen molar-refractivity contribution in [3.8, 4) is 5.69 Å². The molecule has 0 amide bonds. The van der Waals surface area contributed by atoms with E-state index in [2.05, 4.69) is 23.6 Å². The maximum atomic E-state index is 13.2. The van der Waals surface area contributed by atoms with E-state index in [-0.39, 0.29) is 28.6 Å². The number of hydrogen-bond donors (Lipinski definition) is 1. The SMILES string of the molecule is C=C/C=C(/CNc1ccc(-n2nc(C(F)(F)F)cc2C(F)(F)F)cc1)C(=C)F. The van der Waals surface area contributed by atoms with Crippen LogP contribution in [0.25, 0.3) is 5.69 Å². The second kappa shape index (κ2) is 7.91. The molecule has 150 valence electrons. The van der Waals surface area contributed by atoms with Crippen LogP contribution in [-0.2, 0) is 12.4 Å². The van der Waals surface area contributed by atoms with Crippen molar-refractivity contribution >= 4 is 5.69 Å². The zero-order valence-corrected chi connectivity index (χ0v) is 14.2. The summed E-state index contributed by atoms with van der Waals surface area (Å²) in [6.07, 6.45) is -7.30. The van der Waals surface area contributed by atoms with E-state index >= 15 is 0 Å². The molecule has 0 fully saturated rings. The van der Waals surface area contributed by atoms with E-state index in [0.29, 0.717) is 5.69 Å². The second-order valence-electron chi connectivity index (χ2n) is 5.56. The van der Waals surface area contributed by atoms with Crippen molar-refractivity contribution in [2.24, 2.45) is 0 Å². The highest BCUT2D eigenvalue weighted by molar-refractivity contribution is 5.50. The van der Waals surface area contributed by atoms with Crippen molar-refractivity contribution in [3.63, 3.8) is 0 Å². The Morgan fingerprint density at radius 3 is 2.14 bits per heavy atom. The van der Waals surface area contributed by atoms with Crippen LogP contribution < -0.4 is 5.32 Å². The molecule has 0 saturated heterocycles. The van der Waals surface area contributed by atoms with Crippen LogP contribution in [0.2, 0.25) is 0 Å². The highest BCUT2D eigenvalue weighted by atomic mass is 19.4. The van der Waals surface area contributed by atoms with Gasteiger partial charge in [0.25, 0.3) is 0 Å². The average Bonchev–Trinajstić information content (AvgIpc) is 3.05. The first-order chi connectivity index (χ1) is 12.9. The Hall–Kier alpha value is -3.04. The van der Waals surface area contributed by atoms with Gasteiger partial charge < -0.3 is 5.32 Å². The number of aromatic nitrogens is 2. The van der Waals surface area contributed by atoms with E-state index in [4.69, 9.17) is 0 Å². The van der Waals surface area contributed by atoms with Crippen LogP contribution in [0.4, 0.5) is 36.4 Å². The Bertz CT molecular complexity index is 887. The zero-order chi connectivity index (χ0) is 21.1. The largest absolute Gasteiger partial charge is 0.435 e. The van der Waals surface area contributed by atoms with Crippen LogP contribution in [0.1, 0.15) is 11.4 Å². The Balaban J connectivity index is 2.30. The fourth-order valence-corrected chi connectivity index (χ4v) is 2.22. The summed E-state index contributed by atoms with van der Waals surface area (Å²) in [6, 6.07) is 4.93. The minimum absolute atomic E-state index is 0.0223. The minimum atomic E-state index is -5.03. The molecule has 10 heteroatoms. The Morgan fingerprint density at radius 2 is 1.68 bits per heavy atom. The maximum Gasteiger partial charge on any atom is 0.435 e. The predicted molar refractivity (Wildman–Crippen MR) is 90.6 cm³/mol. The standard InChI is InChI=1S/C18H14F7N3/c1-3-4-12(11(2)19)10-26-13-5-7-14(8-6-13)28-16(18(23,24)25)9-15(27-28)17(20,21)22/h3-9,26H,1-2,10H2/b12-4-. The first-order valence-corrected chi connectivity index (χ1v) is 7.68. The van der Waals surface area contributed by atoms with Gasteiger partial charge in [-0.2, -0.15) is 31.4 Å². The summed E-state index contributed by atoms with van der Waals surface area (Å²) in [5, 5.41) is 5.85. The van der Waals surface area contributed by atoms with E-state index in [1.54, 1.807) is 0 Å². The summed E-state index contributed by atoms with van der Waals surface area (Å²) < 4.78 is 90.9. The molecule has 1 N–H and O–H groups in total. The first-order valence-electron chi connectivity index (χ1n) is 7.68. The molecule has 0 atom stereocenters. The van der Waals surface area contributed by atoms with Crippen molar-refractivity contribution < 1.29 is 30.7 Å². The number of benzene rings is 1. The number of anilines is 1. The predicted octanol–water partition coefficient (Wildman–Crippen LogP) is 5.92. The molecule has 0 unspecified atom stereocenters. The third-order valence-electron chi connectivity index (χ3n) is 3.55. The number of nitrogens with one attached hydrogen (secondary N) is 1. The van der Waals surface area contributed by atoms with Gasteiger partial charge in [-0.3, -0.25) is 0 Å². The van der Waals surface area contributed by atoms with Gasteiger partial charge in [-0.15, -0.1) is 0 Å². The van der Waals surface area contributed by atoms with Crippen molar-refractivity contribution in [3.05, 3.63) is 78.4 Å². The lowest BCUT2D eigenvalue weighted by atomic mass is 10.2. The Morgan fingerprint density at radius 1 is 1.07 bits per heavy atom. The summed E-state index contributed by atoms with van der Waals surface area (Å²) >= 11 is 0. The molecule has 28 heavy (non-hydrogen) atoms. The zero-order valence-electron chi connectivity index (χ0n) is 14.2. The molecule has 2 rings (SSSR count). The first kappa shape index (κ1) is 21.3. The summed E-state index contributed by atoms with van der Waals surface area (Å²) in [4.78, 5) is 0. The highest BCUT2D eigenvalue weighted by Gasteiger charge is 2.42. The fraction of sp³-hybridized carbons (Fsp3) is 0.167. The molecule has 1 aromatic heterocycles. The van der Waals surface area contributed by atoms with Gasteiger partial charge in [0, 0.05) is 23.9 Å². The quantitative estimate of drug-likeness (QED) is 0.478. The van der Waals surface area contributed by atoms with Crippen molar-refractivity contribution in [2.75, 3.05) is 11.9 Å². The topological polar surface area (TPSA) is 29.9 Å². The van der Waals surface area contributed by atoms with Crippen LogP contribution >= 0.6 is 0 Å². The molecule has 1 heterocycles. The maximum absolute atomic E-state index is 13.2. The second-order valence-corrected chi connectivity index (χ2v) is 5.56. The highest BCUT2D eigenvalue weighted by Crippen LogP contribution is 2.36. The molecule has 1 aromatic carbocycles. The normalized spacial score (nSPS) is 12.8. The fourth-order valence-electron chi connectivity index (χ4n) is 2.22. The summed E-state index contributed by atoms with van der Waals surface area (Å²) in [6.45, 7) is 6.62. The number of alkyl halides is 6. The van der Waals surface area contributed by atoms with E-state index in [1.807, 2.05) is 0 Å². The molecule has 0 aliphatic carbocycles. The lowest BCUT2D eigenvalue weighted by Gasteiger charge is -2.12. The average molecular weight is 405 g/mol. The molecule has 0 aliphatic heterocycles. The van der Waals surface area contributed by atoms with Crippen LogP contribution in [0, 0.1) is 0 Å². The molecule has 0 radical (unpaired) electrons. The molecule has 0 bridgehead atoms. The van der Waals surface area contributed by atoms with Crippen molar-refractivity contribution in [2.45, 2.75) is 12.4 Å². The van der Waals surface area contributed by atoms with E-state index in [1.165, 1.54) is 24.3 Å². The minimum Gasteiger partial charge on any atom is -0.381 e.